The molecule has 1 aromatic heterocycles. The fourth-order valence-corrected chi connectivity index (χ4v) is 1.56. The number of nitrogens with zero attached hydrogens (tertiary/aromatic N) is 3. The summed E-state index contributed by atoms with van der Waals surface area (Å²) in [6.45, 7) is 2.04. The van der Waals surface area contributed by atoms with Gasteiger partial charge in [-0.1, -0.05) is 6.92 Å². The van der Waals surface area contributed by atoms with Crippen LogP contribution in [-0.4, -0.2) is 15.7 Å². The molecule has 0 radical (unpaired) electrons. The van der Waals surface area contributed by atoms with Crippen LogP contribution in [0.4, 0.5) is 5.82 Å². The molecule has 1 saturated carbocycles. The van der Waals surface area contributed by atoms with Crippen LogP contribution in [-0.2, 0) is 11.8 Å². The van der Waals surface area contributed by atoms with Gasteiger partial charge in [-0.05, 0) is 12.3 Å². The molecule has 0 aliphatic heterocycles. The third kappa shape index (κ3) is 1.84. The average molecular weight is 204 g/mol. The number of aromatic nitrogens is 2. The van der Waals surface area contributed by atoms with Gasteiger partial charge in [0, 0.05) is 19.2 Å². The lowest BCUT2D eigenvalue weighted by Gasteiger charge is -1.99. The highest BCUT2D eigenvalue weighted by atomic mass is 16.2. The van der Waals surface area contributed by atoms with E-state index >= 15 is 0 Å². The van der Waals surface area contributed by atoms with Gasteiger partial charge in [-0.15, -0.1) is 0 Å². The molecule has 0 aromatic carbocycles. The van der Waals surface area contributed by atoms with E-state index in [1.807, 2.05) is 13.0 Å². The zero-order chi connectivity index (χ0) is 11.0. The van der Waals surface area contributed by atoms with E-state index in [1.54, 1.807) is 13.2 Å². The van der Waals surface area contributed by atoms with E-state index < -0.39 is 0 Å². The fraction of sp³-hybridized carbons (Fsp3) is 0.500. The Morgan fingerprint density at radius 2 is 2.47 bits per heavy atom. The number of rotatable bonds is 2. The number of carbonyl (C=O) groups excluding carboxylic acids is 1. The standard InChI is InChI=1S/C10H12N4O/c1-6-3-8(6)10(15)12-9-7(4-11)5-14(2)13-9/h5-6,8H,3H2,1-2H3,(H,12,13,15). The Morgan fingerprint density at radius 3 is 3.00 bits per heavy atom. The van der Waals surface area contributed by atoms with Crippen LogP contribution >= 0.6 is 0 Å². The second-order valence-corrected chi connectivity index (χ2v) is 3.99. The summed E-state index contributed by atoms with van der Waals surface area (Å²) < 4.78 is 1.52. The monoisotopic (exact) mass is 204 g/mol. The van der Waals surface area contributed by atoms with Crippen LogP contribution in [0.1, 0.15) is 18.9 Å². The summed E-state index contributed by atoms with van der Waals surface area (Å²) in [6.07, 6.45) is 2.52. The van der Waals surface area contributed by atoms with Gasteiger partial charge in [0.2, 0.25) is 5.91 Å². The van der Waals surface area contributed by atoms with Gasteiger partial charge in [0.15, 0.2) is 5.82 Å². The Bertz CT molecular complexity index is 443. The number of nitrogens with one attached hydrogen (secondary N) is 1. The molecular weight excluding hydrogens is 192 g/mol. The minimum atomic E-state index is -0.0299. The zero-order valence-corrected chi connectivity index (χ0v) is 8.69. The Labute approximate surface area is 87.7 Å². The normalized spacial score (nSPS) is 23.3. The summed E-state index contributed by atoms with van der Waals surface area (Å²) in [4.78, 5) is 11.6. The molecule has 0 saturated heterocycles. The molecule has 2 unspecified atom stereocenters. The highest BCUT2D eigenvalue weighted by Crippen LogP contribution is 2.38. The maximum absolute atomic E-state index is 11.6. The third-order valence-electron chi connectivity index (χ3n) is 2.64. The largest absolute Gasteiger partial charge is 0.308 e. The molecule has 1 aromatic rings. The molecule has 1 fully saturated rings. The van der Waals surface area contributed by atoms with Gasteiger partial charge in [0.25, 0.3) is 0 Å². The van der Waals surface area contributed by atoms with Crippen LogP contribution < -0.4 is 5.32 Å². The summed E-state index contributed by atoms with van der Waals surface area (Å²) >= 11 is 0. The van der Waals surface area contributed by atoms with Gasteiger partial charge in [-0.25, -0.2) is 0 Å². The van der Waals surface area contributed by atoms with E-state index in [2.05, 4.69) is 10.4 Å². The SMILES string of the molecule is CC1CC1C(=O)Nc1nn(C)cc1C#N. The number of amides is 1. The molecule has 2 rings (SSSR count). The maximum atomic E-state index is 11.6. The summed E-state index contributed by atoms with van der Waals surface area (Å²) in [5.74, 6) is 0.889. The van der Waals surface area contributed by atoms with Gasteiger partial charge in [0.1, 0.15) is 11.6 Å². The lowest BCUT2D eigenvalue weighted by molar-refractivity contribution is -0.117. The molecule has 1 aliphatic carbocycles. The van der Waals surface area contributed by atoms with Crippen molar-refractivity contribution in [3.05, 3.63) is 11.8 Å². The van der Waals surface area contributed by atoms with E-state index in [4.69, 9.17) is 5.26 Å². The maximum Gasteiger partial charge on any atom is 0.228 e. The number of hydrogen-bond acceptors (Lipinski definition) is 3. The van der Waals surface area contributed by atoms with Crippen LogP contribution in [0.2, 0.25) is 0 Å². The van der Waals surface area contributed by atoms with Crippen LogP contribution in [0, 0.1) is 23.2 Å². The lowest BCUT2D eigenvalue weighted by Crippen LogP contribution is -2.15. The first-order chi connectivity index (χ1) is 7.11. The topological polar surface area (TPSA) is 70.7 Å². The second kappa shape index (κ2) is 3.39. The third-order valence-corrected chi connectivity index (χ3v) is 2.64. The van der Waals surface area contributed by atoms with Crippen molar-refractivity contribution in [2.45, 2.75) is 13.3 Å². The van der Waals surface area contributed by atoms with E-state index in [9.17, 15) is 4.79 Å². The molecule has 1 aliphatic rings. The molecule has 78 valence electrons. The summed E-state index contributed by atoms with van der Waals surface area (Å²) in [5, 5.41) is 15.5. The van der Waals surface area contributed by atoms with Crippen molar-refractivity contribution in [2.75, 3.05) is 5.32 Å². The molecule has 0 spiro atoms. The van der Waals surface area contributed by atoms with Gasteiger partial charge in [-0.2, -0.15) is 10.4 Å². The number of carbonyl (C=O) groups is 1. The molecule has 5 nitrogen and oxygen atoms in total. The summed E-state index contributed by atoms with van der Waals surface area (Å²) in [5.41, 5.74) is 0.402. The molecular formula is C10H12N4O. The van der Waals surface area contributed by atoms with E-state index in [1.165, 1.54) is 4.68 Å². The van der Waals surface area contributed by atoms with Crippen molar-refractivity contribution >= 4 is 11.7 Å². The van der Waals surface area contributed by atoms with Crippen molar-refractivity contribution in [3.8, 4) is 6.07 Å². The summed E-state index contributed by atoms with van der Waals surface area (Å²) in [7, 11) is 1.72. The highest BCUT2D eigenvalue weighted by Gasteiger charge is 2.39. The zero-order valence-electron chi connectivity index (χ0n) is 8.69. The van der Waals surface area contributed by atoms with Crippen LogP contribution in [0.5, 0.6) is 0 Å². The van der Waals surface area contributed by atoms with Gasteiger partial charge >= 0.3 is 0 Å². The van der Waals surface area contributed by atoms with Crippen molar-refractivity contribution < 1.29 is 4.79 Å². The Hall–Kier alpha value is -1.83. The van der Waals surface area contributed by atoms with E-state index in [0.717, 1.165) is 6.42 Å². The number of nitriles is 1. The van der Waals surface area contributed by atoms with Gasteiger partial charge in [0.05, 0.1) is 0 Å². The quantitative estimate of drug-likeness (QED) is 0.777. The molecule has 1 N–H and O–H groups in total. The predicted molar refractivity (Wildman–Crippen MR) is 53.8 cm³/mol. The molecule has 5 heteroatoms. The predicted octanol–water partition coefficient (Wildman–Crippen LogP) is 0.886. The number of aryl methyl sites for hydroxylation is 1. The van der Waals surface area contributed by atoms with Crippen molar-refractivity contribution in [2.24, 2.45) is 18.9 Å². The van der Waals surface area contributed by atoms with Crippen molar-refractivity contribution in [1.82, 2.24) is 9.78 Å². The van der Waals surface area contributed by atoms with Crippen molar-refractivity contribution in [3.63, 3.8) is 0 Å². The van der Waals surface area contributed by atoms with Crippen molar-refractivity contribution in [1.29, 1.82) is 5.26 Å². The Kier molecular flexibility index (Phi) is 2.19. The van der Waals surface area contributed by atoms with E-state index in [-0.39, 0.29) is 11.8 Å². The summed E-state index contributed by atoms with van der Waals surface area (Å²) in [6, 6.07) is 1.99. The average Bonchev–Trinajstić information content (AvgIpc) is 2.80. The van der Waals surface area contributed by atoms with Crippen LogP contribution in [0.15, 0.2) is 6.20 Å². The first-order valence-electron chi connectivity index (χ1n) is 4.86. The molecule has 15 heavy (non-hydrogen) atoms. The lowest BCUT2D eigenvalue weighted by atomic mass is 10.3. The van der Waals surface area contributed by atoms with E-state index in [0.29, 0.717) is 17.3 Å². The van der Waals surface area contributed by atoms with Gasteiger partial charge in [-0.3, -0.25) is 9.48 Å². The first kappa shape index (κ1) is 9.71. The Morgan fingerprint density at radius 1 is 1.80 bits per heavy atom. The molecule has 1 amide bonds. The molecule has 2 atom stereocenters. The molecule has 1 heterocycles. The minimum Gasteiger partial charge on any atom is -0.308 e. The fourth-order valence-electron chi connectivity index (χ4n) is 1.56. The Balaban J connectivity index is 2.10. The van der Waals surface area contributed by atoms with Crippen LogP contribution in [0.3, 0.4) is 0 Å². The van der Waals surface area contributed by atoms with Crippen LogP contribution in [0.25, 0.3) is 0 Å². The smallest absolute Gasteiger partial charge is 0.228 e. The first-order valence-corrected chi connectivity index (χ1v) is 4.86. The number of anilines is 1. The highest BCUT2D eigenvalue weighted by molar-refractivity contribution is 5.94. The minimum absolute atomic E-state index is 0.0299. The second-order valence-electron chi connectivity index (χ2n) is 3.99. The molecule has 0 bridgehead atoms. The number of hydrogen-bond donors (Lipinski definition) is 1. The van der Waals surface area contributed by atoms with Gasteiger partial charge < -0.3 is 5.32 Å².